The number of benzene rings is 3. The molecule has 0 bridgehead atoms. The van der Waals surface area contributed by atoms with Crippen LogP contribution in [0.15, 0.2) is 112 Å². The molecule has 36 heavy (non-hydrogen) atoms. The van der Waals surface area contributed by atoms with Crippen LogP contribution in [0.4, 0.5) is 10.1 Å². The summed E-state index contributed by atoms with van der Waals surface area (Å²) in [6.45, 7) is 11.5. The van der Waals surface area contributed by atoms with E-state index in [1.54, 1.807) is 18.7 Å². The Hall–Kier alpha value is -3.44. The Kier molecular flexibility index (Phi) is 9.83. The molecule has 5 heteroatoms. The maximum Gasteiger partial charge on any atom is 0.251 e. The molecule has 0 aromatic heterocycles. The number of aliphatic imine (C=N–C) groups is 1. The maximum absolute atomic E-state index is 12.9. The fourth-order valence-electron chi connectivity index (χ4n) is 3.57. The predicted octanol–water partition coefficient (Wildman–Crippen LogP) is 8.65. The lowest BCUT2D eigenvalue weighted by atomic mass is 10.0. The Balaban J connectivity index is 0.000000658. The van der Waals surface area contributed by atoms with Gasteiger partial charge in [-0.05, 0) is 61.6 Å². The summed E-state index contributed by atoms with van der Waals surface area (Å²) in [5, 5.41) is 3.08. The number of carbonyl (C=O) groups is 1. The van der Waals surface area contributed by atoms with Gasteiger partial charge >= 0.3 is 0 Å². The first-order chi connectivity index (χ1) is 17.3. The van der Waals surface area contributed by atoms with Crippen molar-refractivity contribution in [1.29, 1.82) is 0 Å². The van der Waals surface area contributed by atoms with E-state index >= 15 is 0 Å². The normalized spacial score (nSPS) is 13.1. The third kappa shape index (κ3) is 7.05. The summed E-state index contributed by atoms with van der Waals surface area (Å²) in [7, 11) is 0. The van der Waals surface area contributed by atoms with Crippen LogP contribution < -0.4 is 5.32 Å². The molecule has 1 aliphatic rings. The molecule has 186 valence electrons. The molecule has 4 rings (SSSR count). The maximum atomic E-state index is 12.9. The van der Waals surface area contributed by atoms with Crippen molar-refractivity contribution in [1.82, 2.24) is 5.32 Å². The van der Waals surface area contributed by atoms with Crippen molar-refractivity contribution < 1.29 is 9.18 Å². The molecule has 1 amide bonds. The molecule has 0 saturated carbocycles. The average molecular weight is 501 g/mol. The van der Waals surface area contributed by atoms with Crippen LogP contribution in [0, 0.1) is 0 Å². The van der Waals surface area contributed by atoms with Gasteiger partial charge in [-0.15, -0.1) is 0 Å². The van der Waals surface area contributed by atoms with Crippen molar-refractivity contribution in [2.24, 2.45) is 4.99 Å². The number of carbonyl (C=O) groups excluding carboxylic acids is 1. The third-order valence-electron chi connectivity index (χ3n) is 5.94. The van der Waals surface area contributed by atoms with Gasteiger partial charge in [-0.3, -0.25) is 4.79 Å². The average Bonchev–Trinajstić information content (AvgIpc) is 3.08. The van der Waals surface area contributed by atoms with E-state index in [4.69, 9.17) is 4.99 Å². The van der Waals surface area contributed by atoms with Crippen LogP contribution in [0.5, 0.6) is 0 Å². The van der Waals surface area contributed by atoms with Crippen LogP contribution in [-0.4, -0.2) is 18.2 Å². The number of rotatable bonds is 6. The van der Waals surface area contributed by atoms with Crippen LogP contribution in [0.25, 0.3) is 0 Å². The van der Waals surface area contributed by atoms with E-state index in [2.05, 4.69) is 62.2 Å². The van der Waals surface area contributed by atoms with Crippen molar-refractivity contribution in [3.8, 4) is 0 Å². The largest absolute Gasteiger partial charge is 0.351 e. The molecule has 0 fully saturated rings. The summed E-state index contributed by atoms with van der Waals surface area (Å²) >= 11 is 1.70. The van der Waals surface area contributed by atoms with Gasteiger partial charge in [0.1, 0.15) is 0 Å². The smallest absolute Gasteiger partial charge is 0.251 e. The summed E-state index contributed by atoms with van der Waals surface area (Å²) in [6, 6.07) is 24.4. The standard InChI is InChI=1S/C27H26N2OS.C4H7F/c1-4-18(2)26-22-12-8-9-13-24(22)31-25-15-14-21(16-23(25)29-26)27(30)28-17-19(3)20-10-6-5-7-11-20;1-3-4(2)5/h4-16,19H,17H2,1-3H3,(H,28,30);2-3H2,1H3/b18-4+;. The Morgan fingerprint density at radius 1 is 1.08 bits per heavy atom. The number of allylic oxidation sites excluding steroid dienone is 3. The fourth-order valence-corrected chi connectivity index (χ4v) is 4.57. The number of nitrogens with one attached hydrogen (secondary N) is 1. The van der Waals surface area contributed by atoms with Crippen molar-refractivity contribution in [2.75, 3.05) is 6.54 Å². The van der Waals surface area contributed by atoms with Gasteiger partial charge in [0.2, 0.25) is 0 Å². The second-order valence-corrected chi connectivity index (χ2v) is 9.69. The number of hydrogen-bond donors (Lipinski definition) is 1. The van der Waals surface area contributed by atoms with E-state index in [0.717, 1.165) is 27.4 Å². The predicted molar refractivity (Wildman–Crippen MR) is 150 cm³/mol. The second kappa shape index (κ2) is 13.0. The van der Waals surface area contributed by atoms with Gasteiger partial charge in [-0.2, -0.15) is 0 Å². The fraction of sp³-hybridized carbons (Fsp3) is 0.226. The number of nitrogens with zero attached hydrogens (tertiary/aromatic N) is 1. The second-order valence-electron chi connectivity index (χ2n) is 8.61. The highest BCUT2D eigenvalue weighted by Crippen LogP contribution is 2.41. The van der Waals surface area contributed by atoms with Crippen molar-refractivity contribution in [3.05, 3.63) is 114 Å². The van der Waals surface area contributed by atoms with Crippen LogP contribution in [0.3, 0.4) is 0 Å². The molecule has 0 spiro atoms. The van der Waals surface area contributed by atoms with E-state index in [9.17, 15) is 9.18 Å². The molecule has 1 N–H and O–H groups in total. The van der Waals surface area contributed by atoms with Crippen LogP contribution in [-0.2, 0) is 0 Å². The van der Waals surface area contributed by atoms with Crippen molar-refractivity contribution >= 4 is 29.1 Å². The van der Waals surface area contributed by atoms with Gasteiger partial charge in [-0.25, -0.2) is 9.38 Å². The van der Waals surface area contributed by atoms with Gasteiger partial charge in [-0.1, -0.05) is 86.8 Å². The monoisotopic (exact) mass is 500 g/mol. The summed E-state index contributed by atoms with van der Waals surface area (Å²) in [5.74, 6) is -0.0696. The molecule has 3 nitrogen and oxygen atoms in total. The molecule has 1 aliphatic heterocycles. The minimum Gasteiger partial charge on any atom is -0.351 e. The lowest BCUT2D eigenvalue weighted by Gasteiger charge is -2.13. The molecule has 0 radical (unpaired) electrons. The zero-order chi connectivity index (χ0) is 26.1. The zero-order valence-corrected chi connectivity index (χ0v) is 22.2. The Bertz CT molecular complexity index is 1280. The molecular weight excluding hydrogens is 467 g/mol. The van der Waals surface area contributed by atoms with Crippen LogP contribution >= 0.6 is 11.8 Å². The summed E-state index contributed by atoms with van der Waals surface area (Å²) in [5.41, 5.74) is 5.89. The third-order valence-corrected chi connectivity index (χ3v) is 7.08. The molecule has 3 aromatic rings. The summed E-state index contributed by atoms with van der Waals surface area (Å²) in [4.78, 5) is 20.1. The molecule has 1 unspecified atom stereocenters. The molecule has 1 heterocycles. The van der Waals surface area contributed by atoms with Crippen molar-refractivity contribution in [2.45, 2.75) is 49.8 Å². The van der Waals surface area contributed by atoms with Gasteiger partial charge in [0.05, 0.1) is 17.2 Å². The topological polar surface area (TPSA) is 41.5 Å². The molecule has 3 aromatic carbocycles. The molecular formula is C31H33FN2OS. The Labute approximate surface area is 218 Å². The first-order valence-corrected chi connectivity index (χ1v) is 12.9. The van der Waals surface area contributed by atoms with Crippen molar-refractivity contribution in [3.63, 3.8) is 0 Å². The minimum atomic E-state index is -0.245. The number of halogens is 1. The zero-order valence-electron chi connectivity index (χ0n) is 21.3. The van der Waals surface area contributed by atoms with Crippen LogP contribution in [0.1, 0.15) is 61.5 Å². The number of hydrogen-bond acceptors (Lipinski definition) is 3. The summed E-state index contributed by atoms with van der Waals surface area (Å²) in [6.07, 6.45) is 2.52. The number of fused-ring (bicyclic) bond motifs is 2. The van der Waals surface area contributed by atoms with Gasteiger partial charge < -0.3 is 5.32 Å². The van der Waals surface area contributed by atoms with E-state index in [1.165, 1.54) is 10.5 Å². The molecule has 1 atom stereocenters. The van der Waals surface area contributed by atoms with Crippen LogP contribution in [0.2, 0.25) is 0 Å². The number of amides is 1. The highest BCUT2D eigenvalue weighted by Gasteiger charge is 2.19. The lowest BCUT2D eigenvalue weighted by Crippen LogP contribution is -2.27. The molecule has 0 saturated heterocycles. The van der Waals surface area contributed by atoms with E-state index < -0.39 is 0 Å². The van der Waals surface area contributed by atoms with Gasteiger partial charge in [0.15, 0.2) is 0 Å². The highest BCUT2D eigenvalue weighted by molar-refractivity contribution is 7.99. The highest BCUT2D eigenvalue weighted by atomic mass is 32.2. The quantitative estimate of drug-likeness (QED) is 0.368. The SMILES string of the molecule is C/C=C(\C)C1=Nc2cc(C(=O)NCC(C)c3ccccc3)ccc2Sc2ccccc21.C=C(F)CC. The Morgan fingerprint density at radius 3 is 2.42 bits per heavy atom. The minimum absolute atomic E-state index is 0.0724. The summed E-state index contributed by atoms with van der Waals surface area (Å²) < 4.78 is 11.2. The van der Waals surface area contributed by atoms with E-state index in [1.807, 2.05) is 49.4 Å². The van der Waals surface area contributed by atoms with Gasteiger partial charge in [0.25, 0.3) is 5.91 Å². The Morgan fingerprint density at radius 2 is 1.75 bits per heavy atom. The first-order valence-electron chi connectivity index (χ1n) is 12.1. The van der Waals surface area contributed by atoms with Gasteiger partial charge in [0, 0.05) is 27.5 Å². The molecule has 0 aliphatic carbocycles. The van der Waals surface area contributed by atoms with E-state index in [-0.39, 0.29) is 17.7 Å². The van der Waals surface area contributed by atoms with E-state index in [0.29, 0.717) is 18.5 Å². The first kappa shape index (κ1) is 27.2. The lowest BCUT2D eigenvalue weighted by molar-refractivity contribution is 0.0951.